The van der Waals surface area contributed by atoms with Crippen LogP contribution in [-0.2, 0) is 0 Å². The van der Waals surface area contributed by atoms with Crippen molar-refractivity contribution in [2.45, 2.75) is 20.3 Å². The first-order valence-corrected chi connectivity index (χ1v) is 13.2. The van der Waals surface area contributed by atoms with Gasteiger partial charge in [0.2, 0.25) is 0 Å². The van der Waals surface area contributed by atoms with Crippen molar-refractivity contribution in [2.75, 3.05) is 0 Å². The van der Waals surface area contributed by atoms with Crippen LogP contribution < -0.4 is 15.9 Å². The summed E-state index contributed by atoms with van der Waals surface area (Å²) in [4.78, 5) is 0. The van der Waals surface area contributed by atoms with Crippen molar-refractivity contribution in [2.24, 2.45) is 10.2 Å². The Kier molecular flexibility index (Phi) is 7.50. The number of benzene rings is 4. The highest BCUT2D eigenvalue weighted by molar-refractivity contribution is 7.95. The molecule has 0 heterocycles. The number of hydrogen-bond acceptors (Lipinski definition) is 2. The van der Waals surface area contributed by atoms with E-state index in [1.54, 1.807) is 0 Å². The lowest BCUT2D eigenvalue weighted by atomic mass is 10.1. The Bertz CT molecular complexity index is 1170. The molecule has 0 aromatic heterocycles. The van der Waals surface area contributed by atoms with Crippen LogP contribution >= 0.6 is 6.89 Å². The second-order valence-electron chi connectivity index (χ2n) is 7.87. The molecule has 0 atom stereocenters. The standard InChI is InChI=1S/C30H29N2P/c1-3-30(26-16-8-4-9-17-26)32-31-25(2)24-33(27-18-10-5-11-19-27,28-20-12-6-13-21-28)29-22-14-7-15-23-29/h4-24H,3H2,1-2H3/b31-25+,32-30+. The normalized spacial score (nSPS) is 12.4. The summed E-state index contributed by atoms with van der Waals surface area (Å²) in [6, 6.07) is 42.7. The largest absolute Gasteiger partial charge is 0.156 e. The quantitative estimate of drug-likeness (QED) is 0.187. The van der Waals surface area contributed by atoms with Gasteiger partial charge in [0.25, 0.3) is 0 Å². The van der Waals surface area contributed by atoms with Gasteiger partial charge in [-0.05, 0) is 47.5 Å². The first kappa shape index (κ1) is 22.7. The molecule has 0 amide bonds. The molecule has 2 nitrogen and oxygen atoms in total. The monoisotopic (exact) mass is 448 g/mol. The molecule has 0 aliphatic carbocycles. The topological polar surface area (TPSA) is 24.7 Å². The van der Waals surface area contributed by atoms with E-state index in [0.717, 1.165) is 23.4 Å². The summed E-state index contributed by atoms with van der Waals surface area (Å²) in [5.74, 6) is 2.36. The fraction of sp³-hybridized carbons (Fsp3) is 0.100. The number of rotatable bonds is 7. The third-order valence-electron chi connectivity index (χ3n) is 5.64. The second-order valence-corrected chi connectivity index (χ2v) is 11.1. The molecule has 4 aromatic rings. The van der Waals surface area contributed by atoms with E-state index in [1.165, 1.54) is 15.9 Å². The molecule has 0 spiro atoms. The molecule has 4 rings (SSSR count). The predicted molar refractivity (Wildman–Crippen MR) is 148 cm³/mol. The highest BCUT2D eigenvalue weighted by atomic mass is 31.2. The molecular formula is C30H29N2P. The van der Waals surface area contributed by atoms with Crippen LogP contribution in [0.15, 0.2) is 132 Å². The van der Waals surface area contributed by atoms with Crippen molar-refractivity contribution in [1.29, 1.82) is 0 Å². The molecule has 0 saturated heterocycles. The summed E-state index contributed by atoms with van der Waals surface area (Å²) in [6.07, 6.45) is 0.830. The van der Waals surface area contributed by atoms with Crippen molar-refractivity contribution in [3.8, 4) is 0 Å². The smallest absolute Gasteiger partial charge is 0.0700 e. The maximum Gasteiger partial charge on any atom is 0.0700 e. The predicted octanol–water partition coefficient (Wildman–Crippen LogP) is 6.06. The minimum absolute atomic E-state index is 0.830. The molecule has 0 radical (unpaired) electrons. The van der Waals surface area contributed by atoms with Gasteiger partial charge in [-0.3, -0.25) is 0 Å². The lowest BCUT2D eigenvalue weighted by Crippen LogP contribution is -2.28. The molecule has 33 heavy (non-hydrogen) atoms. The molecule has 0 aliphatic heterocycles. The Labute approximate surface area is 197 Å². The summed E-state index contributed by atoms with van der Waals surface area (Å²) < 4.78 is 0. The highest BCUT2D eigenvalue weighted by Crippen LogP contribution is 2.43. The van der Waals surface area contributed by atoms with Gasteiger partial charge in [-0.25, -0.2) is 0 Å². The summed E-state index contributed by atoms with van der Waals surface area (Å²) in [5, 5.41) is 13.3. The fourth-order valence-electron chi connectivity index (χ4n) is 4.07. The molecule has 164 valence electrons. The van der Waals surface area contributed by atoms with Crippen molar-refractivity contribution in [3.63, 3.8) is 0 Å². The lowest BCUT2D eigenvalue weighted by Gasteiger charge is -2.28. The molecule has 0 fully saturated rings. The van der Waals surface area contributed by atoms with Crippen LogP contribution in [0.2, 0.25) is 0 Å². The lowest BCUT2D eigenvalue weighted by molar-refractivity contribution is 1.17. The minimum atomic E-state index is -2.07. The molecule has 0 aliphatic rings. The van der Waals surface area contributed by atoms with Gasteiger partial charge in [-0.1, -0.05) is 128 Å². The third kappa shape index (κ3) is 5.13. The van der Waals surface area contributed by atoms with E-state index < -0.39 is 6.89 Å². The van der Waals surface area contributed by atoms with Crippen LogP contribution in [0.5, 0.6) is 0 Å². The van der Waals surface area contributed by atoms with Crippen molar-refractivity contribution >= 4 is 40.0 Å². The first-order valence-electron chi connectivity index (χ1n) is 11.3. The number of hydrogen-bond donors (Lipinski definition) is 0. The van der Waals surface area contributed by atoms with Crippen molar-refractivity contribution in [3.05, 3.63) is 127 Å². The maximum absolute atomic E-state index is 4.71. The molecule has 3 heteroatoms. The maximum atomic E-state index is 4.71. The summed E-state index contributed by atoms with van der Waals surface area (Å²) >= 11 is 0. The van der Waals surface area contributed by atoms with Crippen LogP contribution in [0.1, 0.15) is 25.8 Å². The van der Waals surface area contributed by atoms with Crippen LogP contribution in [0.3, 0.4) is 0 Å². The van der Waals surface area contributed by atoms with Gasteiger partial charge in [0.15, 0.2) is 0 Å². The van der Waals surface area contributed by atoms with Gasteiger partial charge in [0.05, 0.1) is 11.4 Å². The van der Waals surface area contributed by atoms with Gasteiger partial charge >= 0.3 is 0 Å². The van der Waals surface area contributed by atoms with Crippen LogP contribution in [-0.4, -0.2) is 17.2 Å². The minimum Gasteiger partial charge on any atom is -0.156 e. The Morgan fingerprint density at radius 1 is 0.606 bits per heavy atom. The average molecular weight is 449 g/mol. The molecule has 0 N–H and O–H groups in total. The molecular weight excluding hydrogens is 419 g/mol. The summed E-state index contributed by atoms with van der Waals surface area (Å²) in [6.45, 7) is 2.11. The first-order chi connectivity index (χ1) is 16.2. The van der Waals surface area contributed by atoms with E-state index in [1.807, 2.05) is 18.2 Å². The van der Waals surface area contributed by atoms with Crippen molar-refractivity contribution < 1.29 is 0 Å². The third-order valence-corrected chi connectivity index (χ3v) is 9.74. The van der Waals surface area contributed by atoms with E-state index in [-0.39, 0.29) is 0 Å². The summed E-state index contributed by atoms with van der Waals surface area (Å²) in [7, 11) is 0. The van der Waals surface area contributed by atoms with E-state index in [0.29, 0.717) is 0 Å². The SMILES string of the molecule is CC/C(=N\N=C(/C)C=P(c1ccccc1)(c1ccccc1)c1ccccc1)c1ccccc1. The zero-order valence-electron chi connectivity index (χ0n) is 19.2. The number of nitrogens with zero attached hydrogens (tertiary/aromatic N) is 2. The Balaban J connectivity index is 1.95. The van der Waals surface area contributed by atoms with Crippen LogP contribution in [0.4, 0.5) is 0 Å². The highest BCUT2D eigenvalue weighted by Gasteiger charge is 2.25. The van der Waals surface area contributed by atoms with Crippen LogP contribution in [0, 0.1) is 0 Å². The van der Waals surface area contributed by atoms with Gasteiger partial charge in [-0.2, -0.15) is 10.2 Å². The Morgan fingerprint density at radius 2 is 1.00 bits per heavy atom. The van der Waals surface area contributed by atoms with E-state index in [4.69, 9.17) is 5.10 Å². The Morgan fingerprint density at radius 3 is 1.39 bits per heavy atom. The Hall–Kier alpha value is -3.48. The van der Waals surface area contributed by atoms with Gasteiger partial charge in [-0.15, -0.1) is 0 Å². The zero-order chi connectivity index (χ0) is 22.9. The van der Waals surface area contributed by atoms with Crippen LogP contribution in [0.25, 0.3) is 0 Å². The van der Waals surface area contributed by atoms with Gasteiger partial charge in [0.1, 0.15) is 0 Å². The average Bonchev–Trinajstić information content (AvgIpc) is 2.90. The van der Waals surface area contributed by atoms with Crippen molar-refractivity contribution in [1.82, 2.24) is 0 Å². The molecule has 4 aromatic carbocycles. The van der Waals surface area contributed by atoms with Gasteiger partial charge < -0.3 is 0 Å². The molecule has 0 bridgehead atoms. The van der Waals surface area contributed by atoms with E-state index in [2.05, 4.69) is 128 Å². The fourth-order valence-corrected chi connectivity index (χ4v) is 7.95. The molecule has 0 saturated carbocycles. The van der Waals surface area contributed by atoms with E-state index >= 15 is 0 Å². The van der Waals surface area contributed by atoms with E-state index in [9.17, 15) is 0 Å². The van der Waals surface area contributed by atoms with Gasteiger partial charge in [0, 0.05) is 0 Å². The second kappa shape index (κ2) is 10.9. The zero-order valence-corrected chi connectivity index (χ0v) is 20.1. The molecule has 0 unspecified atom stereocenters. The summed E-state index contributed by atoms with van der Waals surface area (Å²) in [5.41, 5.74) is 3.03.